The number of amides is 2. The van der Waals surface area contributed by atoms with E-state index in [1.54, 1.807) is 19.1 Å². The predicted molar refractivity (Wildman–Crippen MR) is 125 cm³/mol. The lowest BCUT2D eigenvalue weighted by atomic mass is 10.1. The van der Waals surface area contributed by atoms with Gasteiger partial charge < -0.3 is 19.7 Å². The van der Waals surface area contributed by atoms with Crippen molar-refractivity contribution in [3.05, 3.63) is 53.6 Å². The quantitative estimate of drug-likeness (QED) is 0.595. The minimum Gasteiger partial charge on any atom is -0.454 e. The topological polar surface area (TPSA) is 105 Å². The first-order chi connectivity index (χ1) is 15.7. The van der Waals surface area contributed by atoms with E-state index in [1.807, 2.05) is 31.2 Å². The fraction of sp³-hybridized carbons (Fsp3) is 0.391. The van der Waals surface area contributed by atoms with Crippen molar-refractivity contribution in [3.8, 4) is 11.5 Å². The number of carbonyl (C=O) groups is 2. The molecule has 0 fully saturated rings. The number of carbonyl (C=O) groups excluding carboxylic acids is 2. The van der Waals surface area contributed by atoms with Crippen molar-refractivity contribution < 1.29 is 27.5 Å². The predicted octanol–water partition coefficient (Wildman–Crippen LogP) is 2.04. The van der Waals surface area contributed by atoms with E-state index in [2.05, 4.69) is 5.32 Å². The molecule has 2 aromatic rings. The third-order valence-corrected chi connectivity index (χ3v) is 7.21. The van der Waals surface area contributed by atoms with Crippen LogP contribution in [0.2, 0.25) is 0 Å². The molecular weight excluding hydrogens is 446 g/mol. The number of rotatable bonds is 9. The molecule has 0 bridgehead atoms. The summed E-state index contributed by atoms with van der Waals surface area (Å²) in [5.74, 6) is -0.122. The summed E-state index contributed by atoms with van der Waals surface area (Å²) in [6, 6.07) is 11.5. The Balaban J connectivity index is 1.94. The molecule has 0 spiro atoms. The Kier molecular flexibility index (Phi) is 7.47. The molecule has 1 N–H and O–H groups in total. The van der Waals surface area contributed by atoms with E-state index in [0.717, 1.165) is 15.4 Å². The largest absolute Gasteiger partial charge is 0.454 e. The van der Waals surface area contributed by atoms with Crippen LogP contribution in [0.5, 0.6) is 11.5 Å². The minimum absolute atomic E-state index is 0.0478. The van der Waals surface area contributed by atoms with E-state index in [1.165, 1.54) is 24.9 Å². The summed E-state index contributed by atoms with van der Waals surface area (Å²) < 4.78 is 37.6. The second-order valence-corrected chi connectivity index (χ2v) is 9.93. The molecule has 2 amide bonds. The summed E-state index contributed by atoms with van der Waals surface area (Å²) in [7, 11) is -2.31. The number of fused-ring (bicyclic) bond motifs is 1. The van der Waals surface area contributed by atoms with E-state index in [-0.39, 0.29) is 30.7 Å². The number of likely N-dealkylation sites (N-methyl/N-ethyl adjacent to an activating group) is 1. The summed E-state index contributed by atoms with van der Waals surface area (Å²) in [5.41, 5.74) is 2.15. The highest BCUT2D eigenvalue weighted by Gasteiger charge is 2.31. The molecule has 33 heavy (non-hydrogen) atoms. The van der Waals surface area contributed by atoms with Crippen molar-refractivity contribution in [2.75, 3.05) is 30.4 Å². The maximum Gasteiger partial charge on any atom is 0.244 e. The van der Waals surface area contributed by atoms with Crippen LogP contribution >= 0.6 is 0 Å². The van der Waals surface area contributed by atoms with Crippen molar-refractivity contribution >= 4 is 27.5 Å². The van der Waals surface area contributed by atoms with Gasteiger partial charge in [0.15, 0.2) is 11.5 Å². The lowest BCUT2D eigenvalue weighted by Crippen LogP contribution is -2.51. The average molecular weight is 476 g/mol. The summed E-state index contributed by atoms with van der Waals surface area (Å²) in [6.45, 7) is 4.82. The molecule has 0 aromatic heterocycles. The Hall–Kier alpha value is -3.27. The van der Waals surface area contributed by atoms with Crippen molar-refractivity contribution in [2.45, 2.75) is 33.4 Å². The van der Waals surface area contributed by atoms with Crippen LogP contribution in [0.25, 0.3) is 0 Å². The van der Waals surface area contributed by atoms with Gasteiger partial charge in [-0.2, -0.15) is 0 Å². The Morgan fingerprint density at radius 2 is 1.85 bits per heavy atom. The lowest BCUT2D eigenvalue weighted by molar-refractivity contribution is -0.139. The molecule has 0 radical (unpaired) electrons. The third kappa shape index (κ3) is 5.57. The van der Waals surface area contributed by atoms with Crippen LogP contribution in [0.3, 0.4) is 0 Å². The minimum atomic E-state index is -3.80. The highest BCUT2D eigenvalue weighted by atomic mass is 32.2. The van der Waals surface area contributed by atoms with Crippen molar-refractivity contribution in [1.29, 1.82) is 0 Å². The van der Waals surface area contributed by atoms with E-state index in [4.69, 9.17) is 9.47 Å². The standard InChI is InChI=1S/C23H29N3O6S/c1-5-33(29,30)26(19-9-10-20-21(12-19)32-15-31-20)14-22(27)25(17(3)23(28)24-4)13-18-8-6-7-16(2)11-18/h6-12,17H,5,13-15H2,1-4H3,(H,24,28)/t17-/m1/s1. The Bertz CT molecular complexity index is 1130. The number of hydrogen-bond acceptors (Lipinski definition) is 6. The molecule has 0 saturated heterocycles. The zero-order chi connectivity index (χ0) is 24.2. The fourth-order valence-corrected chi connectivity index (χ4v) is 4.61. The van der Waals surface area contributed by atoms with Crippen LogP contribution in [-0.4, -0.2) is 57.3 Å². The first-order valence-electron chi connectivity index (χ1n) is 10.6. The van der Waals surface area contributed by atoms with Crippen LogP contribution in [0, 0.1) is 6.92 Å². The van der Waals surface area contributed by atoms with Gasteiger partial charge in [-0.25, -0.2) is 8.42 Å². The summed E-state index contributed by atoms with van der Waals surface area (Å²) >= 11 is 0. The van der Waals surface area contributed by atoms with Gasteiger partial charge in [-0.3, -0.25) is 13.9 Å². The summed E-state index contributed by atoms with van der Waals surface area (Å²) in [5, 5.41) is 2.56. The number of nitrogens with one attached hydrogen (secondary N) is 1. The molecule has 10 heteroatoms. The molecule has 2 aromatic carbocycles. The van der Waals surface area contributed by atoms with E-state index in [9.17, 15) is 18.0 Å². The van der Waals surface area contributed by atoms with Crippen molar-refractivity contribution in [2.24, 2.45) is 0 Å². The first kappa shape index (κ1) is 24.4. The highest BCUT2D eigenvalue weighted by Crippen LogP contribution is 2.36. The molecule has 1 aliphatic heterocycles. The summed E-state index contributed by atoms with van der Waals surface area (Å²) in [4.78, 5) is 27.2. The van der Waals surface area contributed by atoms with Gasteiger partial charge in [0.2, 0.25) is 28.6 Å². The normalized spacial score (nSPS) is 13.3. The molecule has 178 valence electrons. The number of sulfonamides is 1. The number of nitrogens with zero attached hydrogens (tertiary/aromatic N) is 2. The highest BCUT2D eigenvalue weighted by molar-refractivity contribution is 7.92. The molecule has 1 atom stereocenters. The maximum atomic E-state index is 13.5. The fourth-order valence-electron chi connectivity index (χ4n) is 3.56. The van der Waals surface area contributed by atoms with E-state index < -0.39 is 28.5 Å². The number of benzene rings is 2. The number of ether oxygens (including phenoxy) is 2. The van der Waals surface area contributed by atoms with Crippen LogP contribution < -0.4 is 19.1 Å². The van der Waals surface area contributed by atoms with Gasteiger partial charge in [-0.1, -0.05) is 29.8 Å². The van der Waals surface area contributed by atoms with Gasteiger partial charge in [0.05, 0.1) is 11.4 Å². The van der Waals surface area contributed by atoms with E-state index in [0.29, 0.717) is 11.5 Å². The molecule has 0 aliphatic carbocycles. The third-order valence-electron chi connectivity index (χ3n) is 5.47. The van der Waals surface area contributed by atoms with Gasteiger partial charge in [-0.05, 0) is 38.5 Å². The first-order valence-corrected chi connectivity index (χ1v) is 12.2. The molecule has 3 rings (SSSR count). The van der Waals surface area contributed by atoms with Crippen molar-refractivity contribution in [3.63, 3.8) is 0 Å². The van der Waals surface area contributed by atoms with Gasteiger partial charge in [0.1, 0.15) is 12.6 Å². The molecule has 9 nitrogen and oxygen atoms in total. The smallest absolute Gasteiger partial charge is 0.244 e. The Morgan fingerprint density at radius 1 is 1.12 bits per heavy atom. The SMILES string of the molecule is CCS(=O)(=O)N(CC(=O)N(Cc1cccc(C)c1)[C@H](C)C(=O)NC)c1ccc2c(c1)OCO2. The zero-order valence-electron chi connectivity index (χ0n) is 19.2. The zero-order valence-corrected chi connectivity index (χ0v) is 20.0. The monoisotopic (exact) mass is 475 g/mol. The summed E-state index contributed by atoms with van der Waals surface area (Å²) in [6.07, 6.45) is 0. The van der Waals surface area contributed by atoms with Gasteiger partial charge in [0.25, 0.3) is 0 Å². The maximum absolute atomic E-state index is 13.5. The average Bonchev–Trinajstić information content (AvgIpc) is 3.27. The lowest BCUT2D eigenvalue weighted by Gasteiger charge is -2.31. The number of aryl methyl sites for hydroxylation is 1. The Labute approximate surface area is 194 Å². The van der Waals surface area contributed by atoms with Gasteiger partial charge in [0, 0.05) is 19.7 Å². The molecule has 0 unspecified atom stereocenters. The second-order valence-electron chi connectivity index (χ2n) is 7.75. The number of hydrogen-bond donors (Lipinski definition) is 1. The molecule has 1 aliphatic rings. The van der Waals surface area contributed by atoms with Crippen LogP contribution in [0.15, 0.2) is 42.5 Å². The molecular formula is C23H29N3O6S. The van der Waals surface area contributed by atoms with Gasteiger partial charge >= 0.3 is 0 Å². The van der Waals surface area contributed by atoms with Crippen LogP contribution in [0.4, 0.5) is 5.69 Å². The molecule has 0 saturated carbocycles. The second kappa shape index (κ2) is 10.1. The van der Waals surface area contributed by atoms with Crippen LogP contribution in [-0.2, 0) is 26.2 Å². The number of anilines is 1. The van der Waals surface area contributed by atoms with Crippen molar-refractivity contribution in [1.82, 2.24) is 10.2 Å². The molecule has 1 heterocycles. The van der Waals surface area contributed by atoms with Crippen LogP contribution in [0.1, 0.15) is 25.0 Å². The Morgan fingerprint density at radius 3 is 2.52 bits per heavy atom. The van der Waals surface area contributed by atoms with Gasteiger partial charge in [-0.15, -0.1) is 0 Å². The van der Waals surface area contributed by atoms with E-state index >= 15 is 0 Å².